The zero-order chi connectivity index (χ0) is 13.2. The largest absolute Gasteiger partial charge is 0.396 e. The third-order valence-electron chi connectivity index (χ3n) is 3.41. The first-order valence-corrected chi connectivity index (χ1v) is 7.14. The molecule has 0 saturated carbocycles. The highest BCUT2D eigenvalue weighted by molar-refractivity contribution is 7.10. The predicted molar refractivity (Wildman–Crippen MR) is 77.0 cm³/mol. The molecule has 0 aromatic carbocycles. The summed E-state index contributed by atoms with van der Waals surface area (Å²) in [6, 6.07) is 6.15. The van der Waals surface area contributed by atoms with E-state index in [4.69, 9.17) is 11.0 Å². The Hall–Kier alpha value is -2.06. The molecule has 1 aliphatic carbocycles. The third-order valence-corrected chi connectivity index (χ3v) is 4.41. The number of nitrogens with zero attached hydrogens (tertiary/aromatic N) is 2. The quantitative estimate of drug-likeness (QED) is 0.879. The van der Waals surface area contributed by atoms with Crippen LogP contribution in [0.4, 0.5) is 11.5 Å². The number of pyridine rings is 1. The molecule has 0 saturated heterocycles. The van der Waals surface area contributed by atoms with Crippen molar-refractivity contribution in [1.82, 2.24) is 4.98 Å². The Morgan fingerprint density at radius 2 is 2.42 bits per heavy atom. The summed E-state index contributed by atoms with van der Waals surface area (Å²) in [7, 11) is 0. The van der Waals surface area contributed by atoms with Crippen LogP contribution in [0.2, 0.25) is 0 Å². The Kier molecular flexibility index (Phi) is 3.10. The van der Waals surface area contributed by atoms with Crippen LogP contribution in [-0.4, -0.2) is 4.98 Å². The van der Waals surface area contributed by atoms with E-state index in [1.807, 2.05) is 17.4 Å². The molecule has 2 aromatic rings. The molecular formula is C14H14N4S. The number of anilines is 2. The van der Waals surface area contributed by atoms with Gasteiger partial charge in [0.05, 0.1) is 17.3 Å². The molecule has 1 unspecified atom stereocenters. The highest BCUT2D eigenvalue weighted by Gasteiger charge is 2.21. The monoisotopic (exact) mass is 270 g/mol. The lowest BCUT2D eigenvalue weighted by molar-refractivity contribution is 0.607. The molecule has 1 atom stereocenters. The first-order valence-electron chi connectivity index (χ1n) is 6.26. The number of nitrogens with one attached hydrogen (secondary N) is 1. The lowest BCUT2D eigenvalue weighted by atomic mass is 9.94. The molecule has 0 amide bonds. The molecule has 0 aliphatic heterocycles. The molecule has 1 aliphatic rings. The fourth-order valence-electron chi connectivity index (χ4n) is 2.46. The fourth-order valence-corrected chi connectivity index (χ4v) is 3.45. The smallest absolute Gasteiger partial charge is 0.149 e. The number of hydrogen-bond donors (Lipinski definition) is 2. The topological polar surface area (TPSA) is 74.7 Å². The molecule has 19 heavy (non-hydrogen) atoms. The second-order valence-corrected chi connectivity index (χ2v) is 5.66. The van der Waals surface area contributed by atoms with E-state index in [0.717, 1.165) is 6.42 Å². The summed E-state index contributed by atoms with van der Waals surface area (Å²) in [6.45, 7) is 0. The number of hydrogen-bond acceptors (Lipinski definition) is 5. The minimum atomic E-state index is 0.276. The van der Waals surface area contributed by atoms with Gasteiger partial charge >= 0.3 is 0 Å². The number of aryl methyl sites for hydroxylation is 1. The maximum atomic E-state index is 8.81. The van der Waals surface area contributed by atoms with Crippen LogP contribution in [0.25, 0.3) is 0 Å². The van der Waals surface area contributed by atoms with E-state index in [1.54, 1.807) is 12.3 Å². The first kappa shape index (κ1) is 12.0. The molecule has 0 radical (unpaired) electrons. The van der Waals surface area contributed by atoms with Crippen molar-refractivity contribution >= 4 is 22.8 Å². The van der Waals surface area contributed by atoms with Crippen molar-refractivity contribution in [2.75, 3.05) is 11.1 Å². The molecule has 3 N–H and O–H groups in total. The summed E-state index contributed by atoms with van der Waals surface area (Å²) in [5, 5.41) is 14.4. The van der Waals surface area contributed by atoms with Crippen molar-refractivity contribution in [2.24, 2.45) is 0 Å². The van der Waals surface area contributed by atoms with Crippen molar-refractivity contribution in [3.63, 3.8) is 0 Å². The van der Waals surface area contributed by atoms with Crippen LogP contribution in [0.5, 0.6) is 0 Å². The van der Waals surface area contributed by atoms with Crippen molar-refractivity contribution in [3.05, 3.63) is 39.7 Å². The average Bonchev–Trinajstić information content (AvgIpc) is 2.90. The first-order chi connectivity index (χ1) is 9.28. The molecule has 4 nitrogen and oxygen atoms in total. The second-order valence-electron chi connectivity index (χ2n) is 4.66. The van der Waals surface area contributed by atoms with Gasteiger partial charge in [-0.2, -0.15) is 5.26 Å². The number of nitrogen functional groups attached to an aromatic ring is 1. The van der Waals surface area contributed by atoms with Crippen LogP contribution in [0.1, 0.15) is 34.9 Å². The Morgan fingerprint density at radius 3 is 3.21 bits per heavy atom. The molecule has 2 aromatic heterocycles. The summed E-state index contributed by atoms with van der Waals surface area (Å²) in [4.78, 5) is 5.70. The van der Waals surface area contributed by atoms with Gasteiger partial charge in [0.15, 0.2) is 0 Å². The number of fused-ring (bicyclic) bond motifs is 1. The zero-order valence-corrected chi connectivity index (χ0v) is 11.2. The van der Waals surface area contributed by atoms with Crippen LogP contribution in [0, 0.1) is 11.3 Å². The molecule has 5 heteroatoms. The second kappa shape index (κ2) is 4.90. The van der Waals surface area contributed by atoms with Crippen LogP contribution >= 0.6 is 11.3 Å². The molecule has 0 fully saturated rings. The number of nitrogens with two attached hydrogens (primary N) is 1. The highest BCUT2D eigenvalue weighted by Crippen LogP contribution is 2.36. The van der Waals surface area contributed by atoms with E-state index in [0.29, 0.717) is 17.1 Å². The van der Waals surface area contributed by atoms with Gasteiger partial charge in [0, 0.05) is 11.1 Å². The van der Waals surface area contributed by atoms with E-state index < -0.39 is 0 Å². The van der Waals surface area contributed by atoms with E-state index in [2.05, 4.69) is 21.7 Å². The zero-order valence-electron chi connectivity index (χ0n) is 10.4. The predicted octanol–water partition coefficient (Wildman–Crippen LogP) is 3.09. The van der Waals surface area contributed by atoms with Gasteiger partial charge in [0.25, 0.3) is 0 Å². The van der Waals surface area contributed by atoms with Crippen molar-refractivity contribution in [2.45, 2.75) is 25.3 Å². The summed E-state index contributed by atoms with van der Waals surface area (Å²) in [6.07, 6.45) is 4.99. The Labute approximate surface area is 115 Å². The van der Waals surface area contributed by atoms with Gasteiger partial charge in [-0.25, -0.2) is 4.98 Å². The van der Waals surface area contributed by atoms with Crippen molar-refractivity contribution < 1.29 is 0 Å². The number of nitriles is 1. The Morgan fingerprint density at radius 1 is 1.53 bits per heavy atom. The lowest BCUT2D eigenvalue weighted by Crippen LogP contribution is -2.17. The number of aromatic nitrogens is 1. The van der Waals surface area contributed by atoms with E-state index in [-0.39, 0.29) is 6.04 Å². The van der Waals surface area contributed by atoms with Gasteiger partial charge < -0.3 is 11.1 Å². The Bertz CT molecular complexity index is 641. The number of rotatable bonds is 2. The normalized spacial score (nSPS) is 17.5. The van der Waals surface area contributed by atoms with Gasteiger partial charge in [0.2, 0.25) is 0 Å². The van der Waals surface area contributed by atoms with Gasteiger partial charge in [0.1, 0.15) is 11.9 Å². The van der Waals surface area contributed by atoms with Crippen LogP contribution in [-0.2, 0) is 6.42 Å². The van der Waals surface area contributed by atoms with Gasteiger partial charge in [-0.15, -0.1) is 11.3 Å². The van der Waals surface area contributed by atoms with Crippen LogP contribution in [0.3, 0.4) is 0 Å². The molecule has 0 spiro atoms. The minimum absolute atomic E-state index is 0.276. The van der Waals surface area contributed by atoms with Gasteiger partial charge in [-0.3, -0.25) is 0 Å². The molecule has 0 bridgehead atoms. The standard InChI is InChI=1S/C14H14N4S/c15-7-9-6-11(16)14(17-8-9)18-12-2-1-3-13-10(12)4-5-19-13/h4-6,8,12H,1-3,16H2,(H,17,18). The maximum absolute atomic E-state index is 8.81. The molecule has 2 heterocycles. The van der Waals surface area contributed by atoms with E-state index >= 15 is 0 Å². The summed E-state index contributed by atoms with van der Waals surface area (Å²) >= 11 is 1.82. The van der Waals surface area contributed by atoms with Crippen LogP contribution < -0.4 is 11.1 Å². The SMILES string of the molecule is N#Cc1cnc(NC2CCCc3sccc32)c(N)c1. The summed E-state index contributed by atoms with van der Waals surface area (Å²) < 4.78 is 0. The molecule has 96 valence electrons. The van der Waals surface area contributed by atoms with Crippen molar-refractivity contribution in [1.29, 1.82) is 5.26 Å². The van der Waals surface area contributed by atoms with Crippen LogP contribution in [0.15, 0.2) is 23.7 Å². The minimum Gasteiger partial charge on any atom is -0.396 e. The summed E-state index contributed by atoms with van der Waals surface area (Å²) in [5.41, 5.74) is 8.32. The molecule has 3 rings (SSSR count). The highest BCUT2D eigenvalue weighted by atomic mass is 32.1. The maximum Gasteiger partial charge on any atom is 0.149 e. The summed E-state index contributed by atoms with van der Waals surface area (Å²) in [5.74, 6) is 0.669. The van der Waals surface area contributed by atoms with Gasteiger partial charge in [-0.1, -0.05) is 0 Å². The van der Waals surface area contributed by atoms with Gasteiger partial charge in [-0.05, 0) is 42.3 Å². The number of thiophene rings is 1. The van der Waals surface area contributed by atoms with Crippen molar-refractivity contribution in [3.8, 4) is 6.07 Å². The fraction of sp³-hybridized carbons (Fsp3) is 0.286. The van der Waals surface area contributed by atoms with E-state index in [9.17, 15) is 0 Å². The Balaban J connectivity index is 1.86. The third kappa shape index (κ3) is 2.27. The van der Waals surface area contributed by atoms with E-state index in [1.165, 1.54) is 23.3 Å². The average molecular weight is 270 g/mol. The molecular weight excluding hydrogens is 256 g/mol. The lowest BCUT2D eigenvalue weighted by Gasteiger charge is -2.24.